The van der Waals surface area contributed by atoms with Crippen molar-refractivity contribution in [2.75, 3.05) is 13.1 Å². The predicted octanol–water partition coefficient (Wildman–Crippen LogP) is 1.97. The topological polar surface area (TPSA) is 98.7 Å². The van der Waals surface area contributed by atoms with E-state index in [2.05, 4.69) is 10.6 Å². The molecule has 1 heterocycles. The van der Waals surface area contributed by atoms with Gasteiger partial charge in [-0.3, -0.25) is 19.8 Å². The number of piperidine rings is 1. The molecule has 5 rings (SSSR count). The van der Waals surface area contributed by atoms with E-state index in [1.54, 1.807) is 6.92 Å². The van der Waals surface area contributed by atoms with Crippen molar-refractivity contribution in [3.8, 4) is 0 Å². The zero-order valence-electron chi connectivity index (χ0n) is 16.1. The normalized spacial score (nSPS) is 39.0. The number of nitrogens with one attached hydrogen (secondary N) is 2. The van der Waals surface area contributed by atoms with Gasteiger partial charge in [-0.25, -0.2) is 4.79 Å². The van der Waals surface area contributed by atoms with Gasteiger partial charge in [0, 0.05) is 12.1 Å². The molecule has 0 spiro atoms. The van der Waals surface area contributed by atoms with Crippen molar-refractivity contribution in [1.29, 1.82) is 0 Å². The molecule has 7 heteroatoms. The van der Waals surface area contributed by atoms with Gasteiger partial charge in [0.1, 0.15) is 0 Å². The molecular formula is C20H31N3O4. The molecular weight excluding hydrogens is 346 g/mol. The number of carbonyl (C=O) groups is 3. The number of imide groups is 1. The molecule has 27 heavy (non-hydrogen) atoms. The summed E-state index contributed by atoms with van der Waals surface area (Å²) in [4.78, 5) is 38.2. The number of aliphatic carboxylic acids is 1. The standard InChI is InChI=1S/C20H31N3O4/c1-12(23-4-2-3-16(11-23)18(25)26)17(24)21-19(27)22-20-8-13-5-14(9-20)7-15(6-13)10-20/h12-16H,2-11H2,1H3,(H,25,26)(H2,21,22,24,27). The number of rotatable bonds is 4. The van der Waals surface area contributed by atoms with Crippen LogP contribution in [0.5, 0.6) is 0 Å². The average molecular weight is 377 g/mol. The summed E-state index contributed by atoms with van der Waals surface area (Å²) < 4.78 is 0. The Morgan fingerprint density at radius 2 is 1.67 bits per heavy atom. The maximum absolute atomic E-state index is 12.6. The summed E-state index contributed by atoms with van der Waals surface area (Å²) >= 11 is 0. The number of hydrogen-bond acceptors (Lipinski definition) is 4. The molecule has 7 nitrogen and oxygen atoms in total. The number of nitrogens with zero attached hydrogens (tertiary/aromatic N) is 1. The third-order valence-electron chi connectivity index (χ3n) is 7.38. The van der Waals surface area contributed by atoms with E-state index < -0.39 is 17.9 Å². The largest absolute Gasteiger partial charge is 0.481 e. The van der Waals surface area contributed by atoms with Crippen LogP contribution >= 0.6 is 0 Å². The fourth-order valence-electron chi connectivity index (χ4n) is 6.48. The Labute approximate surface area is 160 Å². The third-order valence-corrected chi connectivity index (χ3v) is 7.38. The van der Waals surface area contributed by atoms with Crippen LogP contribution < -0.4 is 10.6 Å². The molecule has 4 saturated carbocycles. The molecule has 0 aromatic carbocycles. The second kappa shape index (κ2) is 7.08. The van der Waals surface area contributed by atoms with Crippen LogP contribution in [0.2, 0.25) is 0 Å². The van der Waals surface area contributed by atoms with Crippen LogP contribution in [0.25, 0.3) is 0 Å². The van der Waals surface area contributed by atoms with E-state index in [4.69, 9.17) is 0 Å². The first-order valence-electron chi connectivity index (χ1n) is 10.4. The quantitative estimate of drug-likeness (QED) is 0.696. The molecule has 5 aliphatic rings. The molecule has 150 valence electrons. The van der Waals surface area contributed by atoms with Crippen LogP contribution in [0.4, 0.5) is 4.79 Å². The third kappa shape index (κ3) is 3.84. The molecule has 2 unspecified atom stereocenters. The zero-order valence-corrected chi connectivity index (χ0v) is 16.1. The van der Waals surface area contributed by atoms with Gasteiger partial charge in [0.25, 0.3) is 0 Å². The van der Waals surface area contributed by atoms with Crippen molar-refractivity contribution >= 4 is 17.9 Å². The molecule has 3 N–H and O–H groups in total. The first-order chi connectivity index (χ1) is 12.8. The maximum atomic E-state index is 12.6. The summed E-state index contributed by atoms with van der Waals surface area (Å²) in [5, 5.41) is 14.9. The summed E-state index contributed by atoms with van der Waals surface area (Å²) in [6.45, 7) is 2.80. The van der Waals surface area contributed by atoms with E-state index in [-0.39, 0.29) is 17.5 Å². The highest BCUT2D eigenvalue weighted by atomic mass is 16.4. The first-order valence-corrected chi connectivity index (χ1v) is 10.4. The number of carboxylic acid groups (broad SMARTS) is 1. The lowest BCUT2D eigenvalue weighted by molar-refractivity contribution is -0.144. The second-order valence-electron chi connectivity index (χ2n) is 9.49. The lowest BCUT2D eigenvalue weighted by atomic mass is 9.53. The summed E-state index contributed by atoms with van der Waals surface area (Å²) in [6.07, 6.45) is 8.45. The summed E-state index contributed by atoms with van der Waals surface area (Å²) in [5.74, 6) is 0.595. The van der Waals surface area contributed by atoms with Crippen molar-refractivity contribution in [2.45, 2.75) is 69.9 Å². The van der Waals surface area contributed by atoms with Gasteiger partial charge in [-0.15, -0.1) is 0 Å². The molecule has 0 aromatic heterocycles. The van der Waals surface area contributed by atoms with Gasteiger partial charge in [-0.2, -0.15) is 0 Å². The highest BCUT2D eigenvalue weighted by molar-refractivity contribution is 5.97. The van der Waals surface area contributed by atoms with E-state index in [9.17, 15) is 19.5 Å². The predicted molar refractivity (Wildman–Crippen MR) is 99.0 cm³/mol. The van der Waals surface area contributed by atoms with Crippen LogP contribution in [0.3, 0.4) is 0 Å². The Morgan fingerprint density at radius 1 is 1.07 bits per heavy atom. The Kier molecular flexibility index (Phi) is 4.91. The molecule has 4 aliphatic carbocycles. The number of likely N-dealkylation sites (tertiary alicyclic amines) is 1. The molecule has 1 aliphatic heterocycles. The molecule has 0 radical (unpaired) electrons. The van der Waals surface area contributed by atoms with Crippen LogP contribution in [-0.2, 0) is 9.59 Å². The first kappa shape index (κ1) is 18.7. The highest BCUT2D eigenvalue weighted by Gasteiger charge is 2.51. The van der Waals surface area contributed by atoms with Crippen LogP contribution in [0.1, 0.15) is 58.3 Å². The van der Waals surface area contributed by atoms with Crippen molar-refractivity contribution in [3.63, 3.8) is 0 Å². The average Bonchev–Trinajstić information content (AvgIpc) is 2.59. The highest BCUT2D eigenvalue weighted by Crippen LogP contribution is 2.55. The number of urea groups is 1. The minimum atomic E-state index is -0.813. The van der Waals surface area contributed by atoms with Gasteiger partial charge in [-0.1, -0.05) is 0 Å². The monoisotopic (exact) mass is 377 g/mol. The van der Waals surface area contributed by atoms with Gasteiger partial charge in [0.2, 0.25) is 5.91 Å². The van der Waals surface area contributed by atoms with E-state index in [0.717, 1.165) is 43.4 Å². The summed E-state index contributed by atoms with van der Waals surface area (Å²) in [5.41, 5.74) is -0.123. The number of carbonyl (C=O) groups excluding carboxylic acids is 2. The van der Waals surface area contributed by atoms with E-state index in [0.29, 0.717) is 19.5 Å². The molecule has 3 amide bonds. The van der Waals surface area contributed by atoms with Gasteiger partial charge >= 0.3 is 12.0 Å². The Morgan fingerprint density at radius 3 is 2.22 bits per heavy atom. The van der Waals surface area contributed by atoms with Crippen molar-refractivity contribution in [2.24, 2.45) is 23.7 Å². The SMILES string of the molecule is CC(C(=O)NC(=O)NC12CC3CC(CC(C3)C1)C2)N1CCCC(C(=O)O)C1. The van der Waals surface area contributed by atoms with Crippen LogP contribution in [0, 0.1) is 23.7 Å². The summed E-state index contributed by atoms with van der Waals surface area (Å²) in [7, 11) is 0. The maximum Gasteiger partial charge on any atom is 0.321 e. The fraction of sp³-hybridized carbons (Fsp3) is 0.850. The Balaban J connectivity index is 1.31. The Bertz CT molecular complexity index is 599. The molecule has 2 atom stereocenters. The molecule has 5 fully saturated rings. The van der Waals surface area contributed by atoms with Crippen LogP contribution in [-0.4, -0.2) is 52.6 Å². The van der Waals surface area contributed by atoms with Gasteiger partial charge in [-0.05, 0) is 82.6 Å². The van der Waals surface area contributed by atoms with Crippen molar-refractivity contribution in [3.05, 3.63) is 0 Å². The van der Waals surface area contributed by atoms with Crippen molar-refractivity contribution < 1.29 is 19.5 Å². The zero-order chi connectivity index (χ0) is 19.2. The Hall–Kier alpha value is -1.63. The van der Waals surface area contributed by atoms with Gasteiger partial charge < -0.3 is 10.4 Å². The minimum absolute atomic E-state index is 0.123. The smallest absolute Gasteiger partial charge is 0.321 e. The van der Waals surface area contributed by atoms with Crippen LogP contribution in [0.15, 0.2) is 0 Å². The second-order valence-corrected chi connectivity index (χ2v) is 9.49. The lowest BCUT2D eigenvalue weighted by Gasteiger charge is -2.56. The van der Waals surface area contributed by atoms with E-state index >= 15 is 0 Å². The van der Waals surface area contributed by atoms with Gasteiger partial charge in [0.05, 0.1) is 12.0 Å². The minimum Gasteiger partial charge on any atom is -0.481 e. The molecule has 1 saturated heterocycles. The number of amides is 3. The lowest BCUT2D eigenvalue weighted by Crippen LogP contribution is -2.62. The fourth-order valence-corrected chi connectivity index (χ4v) is 6.48. The van der Waals surface area contributed by atoms with E-state index in [1.165, 1.54) is 19.3 Å². The summed E-state index contributed by atoms with van der Waals surface area (Å²) in [6, 6.07) is -0.894. The van der Waals surface area contributed by atoms with Crippen molar-refractivity contribution in [1.82, 2.24) is 15.5 Å². The van der Waals surface area contributed by atoms with E-state index in [1.807, 2.05) is 4.90 Å². The molecule has 4 bridgehead atoms. The van der Waals surface area contributed by atoms with Gasteiger partial charge in [0.15, 0.2) is 0 Å². The number of hydrogen-bond donors (Lipinski definition) is 3. The number of carboxylic acids is 1. The molecule has 0 aromatic rings.